The zero-order chi connectivity index (χ0) is 13.1. The van der Waals surface area contributed by atoms with E-state index in [1.165, 1.54) is 0 Å². The minimum Gasteiger partial charge on any atom is -0.491 e. The van der Waals surface area contributed by atoms with Crippen LogP contribution < -0.4 is 10.4 Å². The topological polar surface area (TPSA) is 39.4 Å². The van der Waals surface area contributed by atoms with Gasteiger partial charge in [-0.05, 0) is 38.0 Å². The SMILES string of the molecule is CCCc1cc(=O)oc2cc(OC(C)C)ccc12. The molecule has 0 unspecified atom stereocenters. The average molecular weight is 246 g/mol. The van der Waals surface area contributed by atoms with E-state index in [4.69, 9.17) is 9.15 Å². The van der Waals surface area contributed by atoms with E-state index in [9.17, 15) is 4.79 Å². The van der Waals surface area contributed by atoms with Gasteiger partial charge in [0.25, 0.3) is 0 Å². The summed E-state index contributed by atoms with van der Waals surface area (Å²) in [6.07, 6.45) is 1.99. The monoisotopic (exact) mass is 246 g/mol. The highest BCUT2D eigenvalue weighted by Gasteiger charge is 2.07. The van der Waals surface area contributed by atoms with Crippen molar-refractivity contribution in [3.05, 3.63) is 40.2 Å². The van der Waals surface area contributed by atoms with E-state index in [2.05, 4.69) is 6.92 Å². The molecule has 0 saturated carbocycles. The van der Waals surface area contributed by atoms with Crippen molar-refractivity contribution in [2.24, 2.45) is 0 Å². The number of hydrogen-bond donors (Lipinski definition) is 0. The second-order valence-corrected chi connectivity index (χ2v) is 4.67. The lowest BCUT2D eigenvalue weighted by atomic mass is 10.1. The first-order valence-corrected chi connectivity index (χ1v) is 6.33. The zero-order valence-electron chi connectivity index (χ0n) is 11.0. The van der Waals surface area contributed by atoms with Crippen molar-refractivity contribution in [1.82, 2.24) is 0 Å². The molecule has 0 radical (unpaired) electrons. The molecule has 1 aromatic heterocycles. The number of hydrogen-bond acceptors (Lipinski definition) is 3. The first kappa shape index (κ1) is 12.7. The van der Waals surface area contributed by atoms with Crippen LogP contribution in [0.25, 0.3) is 11.0 Å². The van der Waals surface area contributed by atoms with Crippen LogP contribution in [0.2, 0.25) is 0 Å². The fourth-order valence-electron chi connectivity index (χ4n) is 2.03. The molecule has 0 aliphatic heterocycles. The van der Waals surface area contributed by atoms with Crippen LogP contribution in [-0.4, -0.2) is 6.10 Å². The second-order valence-electron chi connectivity index (χ2n) is 4.67. The van der Waals surface area contributed by atoms with E-state index in [0.29, 0.717) is 5.58 Å². The van der Waals surface area contributed by atoms with Gasteiger partial charge < -0.3 is 9.15 Å². The van der Waals surface area contributed by atoms with Crippen molar-refractivity contribution in [1.29, 1.82) is 0 Å². The van der Waals surface area contributed by atoms with E-state index in [-0.39, 0.29) is 11.7 Å². The van der Waals surface area contributed by atoms with Gasteiger partial charge in [-0.25, -0.2) is 4.79 Å². The summed E-state index contributed by atoms with van der Waals surface area (Å²) < 4.78 is 10.8. The van der Waals surface area contributed by atoms with Crippen LogP contribution in [-0.2, 0) is 6.42 Å². The standard InChI is InChI=1S/C15H18O3/c1-4-5-11-8-15(16)18-14-9-12(17-10(2)3)6-7-13(11)14/h6-10H,4-5H2,1-3H3. The molecule has 0 N–H and O–H groups in total. The van der Waals surface area contributed by atoms with Crippen molar-refractivity contribution in [2.45, 2.75) is 39.7 Å². The Morgan fingerprint density at radius 2 is 2.06 bits per heavy atom. The minimum absolute atomic E-state index is 0.105. The van der Waals surface area contributed by atoms with Crippen LogP contribution in [0.15, 0.2) is 33.5 Å². The molecule has 0 atom stereocenters. The molecule has 0 bridgehead atoms. The van der Waals surface area contributed by atoms with E-state index in [1.807, 2.05) is 26.0 Å². The van der Waals surface area contributed by atoms with Crippen molar-refractivity contribution < 1.29 is 9.15 Å². The van der Waals surface area contributed by atoms with Crippen LogP contribution in [0.1, 0.15) is 32.8 Å². The minimum atomic E-state index is -0.298. The smallest absolute Gasteiger partial charge is 0.336 e. The van der Waals surface area contributed by atoms with Gasteiger partial charge in [-0.3, -0.25) is 0 Å². The third-order valence-corrected chi connectivity index (χ3v) is 2.69. The molecule has 3 nitrogen and oxygen atoms in total. The third-order valence-electron chi connectivity index (χ3n) is 2.69. The quantitative estimate of drug-likeness (QED) is 0.775. The number of benzene rings is 1. The Morgan fingerprint density at radius 3 is 2.72 bits per heavy atom. The van der Waals surface area contributed by atoms with Gasteiger partial charge in [0.15, 0.2) is 0 Å². The summed E-state index contributed by atoms with van der Waals surface area (Å²) in [5.74, 6) is 0.731. The van der Waals surface area contributed by atoms with Gasteiger partial charge in [0.05, 0.1) is 6.10 Å². The van der Waals surface area contributed by atoms with Gasteiger partial charge in [0.2, 0.25) is 0 Å². The summed E-state index contributed by atoms with van der Waals surface area (Å²) in [5, 5.41) is 0.993. The maximum atomic E-state index is 11.5. The maximum Gasteiger partial charge on any atom is 0.336 e. The molecule has 3 heteroatoms. The van der Waals surface area contributed by atoms with Crippen LogP contribution in [0.4, 0.5) is 0 Å². The lowest BCUT2D eigenvalue weighted by Gasteiger charge is -2.10. The van der Waals surface area contributed by atoms with Gasteiger partial charge in [-0.15, -0.1) is 0 Å². The molecule has 0 amide bonds. The summed E-state index contributed by atoms with van der Waals surface area (Å²) in [7, 11) is 0. The van der Waals surface area contributed by atoms with Gasteiger partial charge >= 0.3 is 5.63 Å². The second kappa shape index (κ2) is 5.25. The Kier molecular flexibility index (Phi) is 3.70. The van der Waals surface area contributed by atoms with Crippen molar-refractivity contribution in [3.8, 4) is 5.75 Å². The highest BCUT2D eigenvalue weighted by Crippen LogP contribution is 2.24. The van der Waals surface area contributed by atoms with Gasteiger partial charge in [0.1, 0.15) is 11.3 Å². The molecule has 18 heavy (non-hydrogen) atoms. The normalized spacial score (nSPS) is 11.1. The van der Waals surface area contributed by atoms with E-state index in [1.54, 1.807) is 12.1 Å². The van der Waals surface area contributed by atoms with Gasteiger partial charge in [-0.2, -0.15) is 0 Å². The molecule has 1 aromatic carbocycles. The summed E-state index contributed by atoms with van der Waals surface area (Å²) in [4.78, 5) is 11.5. The highest BCUT2D eigenvalue weighted by molar-refractivity contribution is 5.81. The predicted octanol–water partition coefficient (Wildman–Crippen LogP) is 3.53. The molecule has 96 valence electrons. The molecule has 0 fully saturated rings. The molecule has 2 aromatic rings. The molecule has 0 aliphatic rings. The largest absolute Gasteiger partial charge is 0.491 e. The fraction of sp³-hybridized carbons (Fsp3) is 0.400. The Morgan fingerprint density at radius 1 is 1.28 bits per heavy atom. The summed E-state index contributed by atoms with van der Waals surface area (Å²) in [5.41, 5.74) is 1.34. The molecule has 1 heterocycles. The molecule has 0 spiro atoms. The van der Waals surface area contributed by atoms with Crippen molar-refractivity contribution >= 4 is 11.0 Å². The highest BCUT2D eigenvalue weighted by atomic mass is 16.5. The number of ether oxygens (including phenoxy) is 1. The summed E-state index contributed by atoms with van der Waals surface area (Å²) in [6.45, 7) is 6.03. The molecule has 0 saturated heterocycles. The lowest BCUT2D eigenvalue weighted by Crippen LogP contribution is -2.06. The lowest BCUT2D eigenvalue weighted by molar-refractivity contribution is 0.242. The number of aryl methyl sites for hydroxylation is 1. The van der Waals surface area contributed by atoms with Crippen molar-refractivity contribution in [2.75, 3.05) is 0 Å². The zero-order valence-corrected chi connectivity index (χ0v) is 11.0. The Hall–Kier alpha value is -1.77. The molecular formula is C15H18O3. The van der Waals surface area contributed by atoms with Crippen LogP contribution in [0, 0.1) is 0 Å². The van der Waals surface area contributed by atoms with E-state index < -0.39 is 0 Å². The fourth-order valence-corrected chi connectivity index (χ4v) is 2.03. The van der Waals surface area contributed by atoms with Crippen molar-refractivity contribution in [3.63, 3.8) is 0 Å². The van der Waals surface area contributed by atoms with Crippen LogP contribution >= 0.6 is 0 Å². The third kappa shape index (κ3) is 2.73. The molecular weight excluding hydrogens is 228 g/mol. The first-order valence-electron chi connectivity index (χ1n) is 6.33. The Labute approximate surface area is 106 Å². The van der Waals surface area contributed by atoms with E-state index >= 15 is 0 Å². The summed E-state index contributed by atoms with van der Waals surface area (Å²) in [6, 6.07) is 7.24. The summed E-state index contributed by atoms with van der Waals surface area (Å²) >= 11 is 0. The Balaban J connectivity index is 2.53. The number of fused-ring (bicyclic) bond motifs is 1. The van der Waals surface area contributed by atoms with Gasteiger partial charge in [0, 0.05) is 17.5 Å². The van der Waals surface area contributed by atoms with Crippen LogP contribution in [0.3, 0.4) is 0 Å². The average Bonchev–Trinajstić information content (AvgIpc) is 2.27. The number of rotatable bonds is 4. The van der Waals surface area contributed by atoms with E-state index in [0.717, 1.165) is 29.5 Å². The van der Waals surface area contributed by atoms with Crippen LogP contribution in [0.5, 0.6) is 5.75 Å². The van der Waals surface area contributed by atoms with Gasteiger partial charge in [-0.1, -0.05) is 13.3 Å². The maximum absolute atomic E-state index is 11.5. The Bertz CT molecular complexity index is 596. The first-order chi connectivity index (χ1) is 8.60. The predicted molar refractivity (Wildman–Crippen MR) is 72.2 cm³/mol. The molecule has 2 rings (SSSR count). The molecule has 0 aliphatic carbocycles.